The summed E-state index contributed by atoms with van der Waals surface area (Å²) in [6.45, 7) is 0.556. The van der Waals surface area contributed by atoms with Gasteiger partial charge in [-0.15, -0.1) is 0 Å². The lowest BCUT2D eigenvalue weighted by Crippen LogP contribution is -2.30. The molecule has 0 bridgehead atoms. The molecule has 4 radical (unpaired) electrons. The van der Waals surface area contributed by atoms with Gasteiger partial charge < -0.3 is 26.2 Å². The van der Waals surface area contributed by atoms with Crippen LogP contribution in [0.2, 0.25) is 0 Å². The third kappa shape index (κ3) is 14.4. The number of carbonyl (C=O) groups excluding carboxylic acids is 2. The van der Waals surface area contributed by atoms with Crippen molar-refractivity contribution in [1.82, 2.24) is 10.6 Å². The maximum Gasteiger partial charge on any atom is 0.200 e. The Hall–Kier alpha value is -4.08. The zero-order valence-electron chi connectivity index (χ0n) is 21.8. The molecule has 0 aromatic heterocycles. The van der Waals surface area contributed by atoms with E-state index < -0.39 is 17.7 Å². The number of methoxy groups -OCH3 is 1. The van der Waals surface area contributed by atoms with Gasteiger partial charge in [-0.05, 0) is 22.2 Å². The smallest absolute Gasteiger partial charge is 0.200 e. The van der Waals surface area contributed by atoms with Crippen molar-refractivity contribution in [2.24, 2.45) is 10.8 Å². The monoisotopic (exact) mass is 526 g/mol. The zero-order chi connectivity index (χ0) is 28.9. The van der Waals surface area contributed by atoms with Crippen LogP contribution < -0.4 is 16.4 Å². The van der Waals surface area contributed by atoms with Crippen LogP contribution in [0.15, 0.2) is 96.1 Å². The fraction of sp³-hybridized carbons (Fsp3) is 0.259. The molecular weight excluding hydrogens is 494 g/mol. The highest BCUT2D eigenvalue weighted by Gasteiger charge is 2.11. The molecule has 0 aliphatic rings. The van der Waals surface area contributed by atoms with Crippen LogP contribution in [-0.4, -0.2) is 59.3 Å². The van der Waals surface area contributed by atoms with Gasteiger partial charge in [0.25, 0.3) is 0 Å². The van der Waals surface area contributed by atoms with Gasteiger partial charge in [-0.2, -0.15) is 0 Å². The van der Waals surface area contributed by atoms with E-state index in [4.69, 9.17) is 36.8 Å². The number of rotatable bonds is 10. The first-order chi connectivity index (χ1) is 18.8. The average molecular weight is 526 g/mol. The number of carbonyl (C=O) groups is 2. The summed E-state index contributed by atoms with van der Waals surface area (Å²) in [7, 11) is 11.6. The number of benzene rings is 3. The highest BCUT2D eigenvalue weighted by molar-refractivity contribution is 6.57. The molecule has 12 heteroatoms. The molecule has 3 atom stereocenters. The van der Waals surface area contributed by atoms with Gasteiger partial charge in [-0.1, -0.05) is 96.1 Å². The van der Waals surface area contributed by atoms with Crippen molar-refractivity contribution in [2.45, 2.75) is 18.1 Å². The maximum atomic E-state index is 10.7. The first kappa shape index (κ1) is 32.9. The number of nitrogens with one attached hydrogen (secondary N) is 2. The van der Waals surface area contributed by atoms with Crippen LogP contribution in [0.3, 0.4) is 0 Å². The van der Waals surface area contributed by atoms with Crippen molar-refractivity contribution >= 4 is 27.3 Å². The number of ether oxygens (including phenoxy) is 1. The lowest BCUT2D eigenvalue weighted by molar-refractivity contribution is 0.169. The molecule has 0 aliphatic carbocycles. The molecule has 3 aromatic carbocycles. The molecule has 0 saturated heterocycles. The van der Waals surface area contributed by atoms with Crippen LogP contribution >= 0.6 is 0 Å². The summed E-state index contributed by atoms with van der Waals surface area (Å²) in [5.74, 6) is -1.18. The van der Waals surface area contributed by atoms with Crippen LogP contribution in [0, 0.1) is 0 Å². The minimum Gasteiger partial charge on any atom is -0.394 e. The SMILES string of the molecule is [B]C(=O)N[C@H](CO)c1ccccc1.[B]C(=O)N[C@H](COC)c1ccccc1.[N-]=[N+]=NC[C@@H](N)c1ccccc1. The number of hydrogen-bond acceptors (Lipinski definition) is 6. The quantitative estimate of drug-likeness (QED) is 0.136. The van der Waals surface area contributed by atoms with Gasteiger partial charge in [0.15, 0.2) is 11.6 Å². The zero-order valence-corrected chi connectivity index (χ0v) is 21.8. The van der Waals surface area contributed by atoms with Crippen LogP contribution in [-0.2, 0) is 4.74 Å². The summed E-state index contributed by atoms with van der Waals surface area (Å²) >= 11 is 0. The molecule has 0 saturated carbocycles. The molecule has 39 heavy (non-hydrogen) atoms. The Morgan fingerprint density at radius 1 is 0.872 bits per heavy atom. The number of azide groups is 1. The minimum atomic E-state index is -0.636. The Morgan fingerprint density at radius 3 is 1.67 bits per heavy atom. The molecular formula is C27H32B2N6O4. The third-order valence-corrected chi connectivity index (χ3v) is 5.12. The molecule has 0 unspecified atom stereocenters. The Kier molecular flexibility index (Phi) is 16.9. The Labute approximate surface area is 231 Å². The van der Waals surface area contributed by atoms with Gasteiger partial charge in [0.05, 0.1) is 25.3 Å². The average Bonchev–Trinajstić information content (AvgIpc) is 2.96. The van der Waals surface area contributed by atoms with E-state index >= 15 is 0 Å². The number of hydrogen-bond donors (Lipinski definition) is 4. The molecule has 0 spiro atoms. The fourth-order valence-corrected chi connectivity index (χ4v) is 3.27. The molecule has 5 N–H and O–H groups in total. The number of aliphatic hydroxyl groups excluding tert-OH is 1. The van der Waals surface area contributed by atoms with E-state index in [1.165, 1.54) is 0 Å². The number of nitrogens with two attached hydrogens (primary N) is 1. The second-order valence-electron chi connectivity index (χ2n) is 8.01. The summed E-state index contributed by atoms with van der Waals surface area (Å²) in [4.78, 5) is 23.9. The summed E-state index contributed by atoms with van der Waals surface area (Å²) in [6, 6.07) is 27.5. The lowest BCUT2D eigenvalue weighted by atomic mass is 10.0. The van der Waals surface area contributed by atoms with Crippen molar-refractivity contribution < 1.29 is 19.4 Å². The normalized spacial score (nSPS) is 12.0. The first-order valence-electron chi connectivity index (χ1n) is 11.9. The van der Waals surface area contributed by atoms with Crippen molar-refractivity contribution in [2.75, 3.05) is 26.9 Å². The summed E-state index contributed by atoms with van der Waals surface area (Å²) < 4.78 is 4.99. The van der Waals surface area contributed by atoms with Gasteiger partial charge >= 0.3 is 0 Å². The topological polar surface area (TPSA) is 162 Å². The summed E-state index contributed by atoms with van der Waals surface area (Å²) in [5.41, 5.74) is 16.6. The second-order valence-corrected chi connectivity index (χ2v) is 8.01. The number of aliphatic hydroxyl groups is 1. The number of nitrogens with zero attached hydrogens (tertiary/aromatic N) is 3. The third-order valence-electron chi connectivity index (χ3n) is 5.12. The van der Waals surface area contributed by atoms with E-state index in [0.29, 0.717) is 13.2 Å². The lowest BCUT2D eigenvalue weighted by Gasteiger charge is -2.17. The Bertz CT molecular complexity index is 1140. The van der Waals surface area contributed by atoms with Gasteiger partial charge in [0.2, 0.25) is 15.7 Å². The molecule has 3 rings (SSSR count). The molecule has 0 heterocycles. The van der Waals surface area contributed by atoms with E-state index in [1.807, 2.05) is 91.0 Å². The predicted molar refractivity (Wildman–Crippen MR) is 153 cm³/mol. The van der Waals surface area contributed by atoms with Crippen LogP contribution in [0.25, 0.3) is 10.4 Å². The molecule has 0 fully saturated rings. The van der Waals surface area contributed by atoms with Crippen LogP contribution in [0.4, 0.5) is 9.59 Å². The molecule has 10 nitrogen and oxygen atoms in total. The van der Waals surface area contributed by atoms with Crippen LogP contribution in [0.1, 0.15) is 34.8 Å². The van der Waals surface area contributed by atoms with Crippen molar-refractivity contribution in [1.29, 1.82) is 0 Å². The largest absolute Gasteiger partial charge is 0.394 e. The van der Waals surface area contributed by atoms with Crippen molar-refractivity contribution in [3.63, 3.8) is 0 Å². The van der Waals surface area contributed by atoms with E-state index in [1.54, 1.807) is 7.11 Å². The second kappa shape index (κ2) is 20.0. The van der Waals surface area contributed by atoms with Gasteiger partial charge in [0, 0.05) is 24.6 Å². The number of amides is 2. The van der Waals surface area contributed by atoms with Crippen molar-refractivity contribution in [3.8, 4) is 0 Å². The van der Waals surface area contributed by atoms with Gasteiger partial charge in [0.1, 0.15) is 0 Å². The van der Waals surface area contributed by atoms with E-state index in [2.05, 4.69) is 20.7 Å². The van der Waals surface area contributed by atoms with Gasteiger partial charge in [-0.3, -0.25) is 9.59 Å². The van der Waals surface area contributed by atoms with E-state index in [0.717, 1.165) is 16.7 Å². The van der Waals surface area contributed by atoms with Crippen molar-refractivity contribution in [3.05, 3.63) is 118 Å². The molecule has 2 amide bonds. The first-order valence-corrected chi connectivity index (χ1v) is 11.9. The molecule has 0 aliphatic heterocycles. The molecule has 200 valence electrons. The summed E-state index contributed by atoms with van der Waals surface area (Å²) in [6.07, 6.45) is 0. The van der Waals surface area contributed by atoms with Crippen LogP contribution in [0.5, 0.6) is 0 Å². The van der Waals surface area contributed by atoms with E-state index in [9.17, 15) is 9.59 Å². The fourth-order valence-electron chi connectivity index (χ4n) is 3.27. The van der Waals surface area contributed by atoms with Gasteiger partial charge in [-0.25, -0.2) is 0 Å². The highest BCUT2D eigenvalue weighted by atomic mass is 16.5. The van der Waals surface area contributed by atoms with E-state index in [-0.39, 0.29) is 18.7 Å². The predicted octanol–water partition coefficient (Wildman–Crippen LogP) is 3.85. The highest BCUT2D eigenvalue weighted by Crippen LogP contribution is 2.13. The maximum absolute atomic E-state index is 10.7. The molecule has 3 aromatic rings. The Morgan fingerprint density at radius 2 is 1.28 bits per heavy atom. The minimum absolute atomic E-state index is 0.160. The standard InChI is InChI=1S/C10H12BNO2.C9H10BNO2.C8H10N4/c1-14-7-9(12-10(11)13)8-5-3-2-4-6-8;10-9(13)11-8(6-12)7-4-2-1-3-5-7;9-8(6-11-12-10)7-4-2-1-3-5-7/h2-6,9H,7H2,1H3,(H,12,13);1-5,8,12H,6H2,(H,11,13);1-5,8H,6,9H2/t9-;2*8-/m111/s1. The Balaban J connectivity index is 0.000000293. The summed E-state index contributed by atoms with van der Waals surface area (Å²) in [5, 5.41) is 17.4.